The van der Waals surface area contributed by atoms with E-state index in [0.29, 0.717) is 17.9 Å². The first-order chi connectivity index (χ1) is 9.49. The fraction of sp³-hybridized carbons (Fsp3) is 0.214. The zero-order valence-electron chi connectivity index (χ0n) is 11.2. The molecule has 1 amide bonds. The quantitative estimate of drug-likeness (QED) is 0.921. The summed E-state index contributed by atoms with van der Waals surface area (Å²) in [5.74, 6) is -0.685. The average molecular weight is 274 g/mol. The zero-order valence-corrected chi connectivity index (χ0v) is 11.2. The molecule has 0 unspecified atom stereocenters. The summed E-state index contributed by atoms with van der Waals surface area (Å²) < 4.78 is 4.87. The zero-order chi connectivity index (χ0) is 14.7. The summed E-state index contributed by atoms with van der Waals surface area (Å²) >= 11 is 0. The van der Waals surface area contributed by atoms with Crippen LogP contribution in [-0.4, -0.2) is 34.1 Å². The van der Waals surface area contributed by atoms with Crippen molar-refractivity contribution < 1.29 is 19.2 Å². The summed E-state index contributed by atoms with van der Waals surface area (Å²) in [5, 5.41) is 12.4. The van der Waals surface area contributed by atoms with Crippen LogP contribution in [0.3, 0.4) is 0 Å². The molecule has 0 aliphatic carbocycles. The van der Waals surface area contributed by atoms with Gasteiger partial charge in [0.2, 0.25) is 0 Å². The molecule has 0 fully saturated rings. The number of carboxylic acid groups (broad SMARTS) is 1. The number of carbonyl (C=O) groups excluding carboxylic acids is 1. The highest BCUT2D eigenvalue weighted by Gasteiger charge is 2.17. The fourth-order valence-corrected chi connectivity index (χ4v) is 1.81. The Morgan fingerprint density at radius 2 is 1.95 bits per heavy atom. The lowest BCUT2D eigenvalue weighted by Crippen LogP contribution is -2.26. The van der Waals surface area contributed by atoms with Gasteiger partial charge in [-0.3, -0.25) is 4.79 Å². The first-order valence-electron chi connectivity index (χ1n) is 5.98. The average Bonchev–Trinajstić information content (AvgIpc) is 2.84. The summed E-state index contributed by atoms with van der Waals surface area (Å²) in [6.45, 7) is 2.05. The SMILES string of the molecule is Cc1oncc1C(=O)N(C)Cc1ccc(C(=O)O)cc1. The van der Waals surface area contributed by atoms with E-state index in [0.717, 1.165) is 5.56 Å². The third-order valence-corrected chi connectivity index (χ3v) is 2.95. The maximum Gasteiger partial charge on any atom is 0.335 e. The predicted octanol–water partition coefficient (Wildman–Crippen LogP) is 1.95. The molecule has 1 N–H and O–H groups in total. The highest BCUT2D eigenvalue weighted by molar-refractivity contribution is 5.94. The van der Waals surface area contributed by atoms with Crippen molar-refractivity contribution in [2.45, 2.75) is 13.5 Å². The van der Waals surface area contributed by atoms with Gasteiger partial charge in [0, 0.05) is 13.6 Å². The topological polar surface area (TPSA) is 83.6 Å². The molecule has 0 aliphatic heterocycles. The van der Waals surface area contributed by atoms with Gasteiger partial charge >= 0.3 is 5.97 Å². The number of aromatic carboxylic acids is 1. The molecule has 0 bridgehead atoms. The summed E-state index contributed by atoms with van der Waals surface area (Å²) in [5.41, 5.74) is 1.49. The number of hydrogen-bond donors (Lipinski definition) is 1. The van der Waals surface area contributed by atoms with Gasteiger partial charge in [0.1, 0.15) is 11.3 Å². The van der Waals surface area contributed by atoms with E-state index in [1.807, 2.05) is 0 Å². The van der Waals surface area contributed by atoms with Crippen molar-refractivity contribution in [1.29, 1.82) is 0 Å². The number of hydrogen-bond acceptors (Lipinski definition) is 4. The van der Waals surface area contributed by atoms with E-state index in [1.54, 1.807) is 26.1 Å². The van der Waals surface area contributed by atoms with Gasteiger partial charge in [0.15, 0.2) is 0 Å². The van der Waals surface area contributed by atoms with Gasteiger partial charge in [-0.15, -0.1) is 0 Å². The fourth-order valence-electron chi connectivity index (χ4n) is 1.81. The minimum atomic E-state index is -0.971. The molecule has 104 valence electrons. The lowest BCUT2D eigenvalue weighted by molar-refractivity contribution is 0.0695. The lowest BCUT2D eigenvalue weighted by atomic mass is 10.1. The molecular weight excluding hydrogens is 260 g/mol. The van der Waals surface area contributed by atoms with Gasteiger partial charge in [-0.1, -0.05) is 17.3 Å². The van der Waals surface area contributed by atoms with Crippen molar-refractivity contribution >= 4 is 11.9 Å². The van der Waals surface area contributed by atoms with Gasteiger partial charge in [-0.05, 0) is 24.6 Å². The highest BCUT2D eigenvalue weighted by atomic mass is 16.5. The molecule has 0 saturated heterocycles. The van der Waals surface area contributed by atoms with E-state index in [-0.39, 0.29) is 11.5 Å². The summed E-state index contributed by atoms with van der Waals surface area (Å²) in [7, 11) is 1.67. The number of aryl methyl sites for hydroxylation is 1. The molecule has 0 saturated carbocycles. The van der Waals surface area contributed by atoms with E-state index in [1.165, 1.54) is 23.2 Å². The Kier molecular flexibility index (Phi) is 3.84. The largest absolute Gasteiger partial charge is 0.478 e. The minimum absolute atomic E-state index is 0.189. The van der Waals surface area contributed by atoms with Crippen molar-refractivity contribution in [3.8, 4) is 0 Å². The van der Waals surface area contributed by atoms with Crippen molar-refractivity contribution in [3.63, 3.8) is 0 Å². The van der Waals surface area contributed by atoms with Gasteiger partial charge in [0.05, 0.1) is 11.8 Å². The Balaban J connectivity index is 2.08. The second kappa shape index (κ2) is 5.56. The molecule has 0 atom stereocenters. The number of benzene rings is 1. The van der Waals surface area contributed by atoms with Crippen molar-refractivity contribution in [1.82, 2.24) is 10.1 Å². The number of nitrogens with zero attached hydrogens (tertiary/aromatic N) is 2. The van der Waals surface area contributed by atoms with E-state index in [9.17, 15) is 9.59 Å². The van der Waals surface area contributed by atoms with Gasteiger partial charge in [-0.25, -0.2) is 4.79 Å². The van der Waals surface area contributed by atoms with Crippen LogP contribution in [0.15, 0.2) is 35.0 Å². The van der Waals surface area contributed by atoms with Crippen LogP contribution in [-0.2, 0) is 6.54 Å². The van der Waals surface area contributed by atoms with Crippen LogP contribution < -0.4 is 0 Å². The highest BCUT2D eigenvalue weighted by Crippen LogP contribution is 2.12. The summed E-state index contributed by atoms with van der Waals surface area (Å²) in [6.07, 6.45) is 1.39. The van der Waals surface area contributed by atoms with E-state index in [4.69, 9.17) is 9.63 Å². The van der Waals surface area contributed by atoms with Crippen LogP contribution in [0.1, 0.15) is 32.0 Å². The van der Waals surface area contributed by atoms with Crippen LogP contribution in [0.4, 0.5) is 0 Å². The van der Waals surface area contributed by atoms with Crippen molar-refractivity contribution in [2.75, 3.05) is 7.05 Å². The standard InChI is InChI=1S/C14H14N2O4/c1-9-12(7-15-20-9)13(17)16(2)8-10-3-5-11(6-4-10)14(18)19/h3-7H,8H2,1-2H3,(H,18,19). The molecule has 0 radical (unpaired) electrons. The molecule has 1 aromatic heterocycles. The maximum atomic E-state index is 12.1. The summed E-state index contributed by atoms with van der Waals surface area (Å²) in [4.78, 5) is 24.4. The van der Waals surface area contributed by atoms with Crippen molar-refractivity contribution in [3.05, 3.63) is 52.9 Å². The monoisotopic (exact) mass is 274 g/mol. The maximum absolute atomic E-state index is 12.1. The van der Waals surface area contributed by atoms with E-state index in [2.05, 4.69) is 5.16 Å². The molecule has 6 nitrogen and oxygen atoms in total. The first kappa shape index (κ1) is 13.8. The number of aromatic nitrogens is 1. The first-order valence-corrected chi connectivity index (χ1v) is 5.98. The number of carbonyl (C=O) groups is 2. The molecule has 2 rings (SSSR count). The van der Waals surface area contributed by atoms with Gasteiger partial charge < -0.3 is 14.5 Å². The Labute approximate surface area is 115 Å². The van der Waals surface area contributed by atoms with Crippen LogP contribution in [0.2, 0.25) is 0 Å². The lowest BCUT2D eigenvalue weighted by Gasteiger charge is -2.16. The van der Waals surface area contributed by atoms with Gasteiger partial charge in [-0.2, -0.15) is 0 Å². The number of rotatable bonds is 4. The second-order valence-corrected chi connectivity index (χ2v) is 4.46. The van der Waals surface area contributed by atoms with Crippen LogP contribution in [0.25, 0.3) is 0 Å². The molecule has 0 aliphatic rings. The Hall–Kier alpha value is -2.63. The van der Waals surface area contributed by atoms with E-state index >= 15 is 0 Å². The number of carboxylic acids is 1. The molecule has 0 spiro atoms. The normalized spacial score (nSPS) is 10.3. The molecule has 1 heterocycles. The third kappa shape index (κ3) is 2.85. The Morgan fingerprint density at radius 1 is 1.30 bits per heavy atom. The molecule has 2 aromatic rings. The van der Waals surface area contributed by atoms with Crippen LogP contribution >= 0.6 is 0 Å². The molecule has 1 aromatic carbocycles. The molecule has 20 heavy (non-hydrogen) atoms. The van der Waals surface area contributed by atoms with Crippen molar-refractivity contribution in [2.24, 2.45) is 0 Å². The van der Waals surface area contributed by atoms with Crippen LogP contribution in [0, 0.1) is 6.92 Å². The molecule has 6 heteroatoms. The van der Waals surface area contributed by atoms with E-state index < -0.39 is 5.97 Å². The molecular formula is C14H14N2O4. The Morgan fingerprint density at radius 3 is 2.45 bits per heavy atom. The number of amides is 1. The predicted molar refractivity (Wildman–Crippen MR) is 70.4 cm³/mol. The Bertz CT molecular complexity index is 631. The minimum Gasteiger partial charge on any atom is -0.478 e. The van der Waals surface area contributed by atoms with Gasteiger partial charge in [0.25, 0.3) is 5.91 Å². The summed E-state index contributed by atoms with van der Waals surface area (Å²) in [6, 6.07) is 6.41. The van der Waals surface area contributed by atoms with Crippen LogP contribution in [0.5, 0.6) is 0 Å². The third-order valence-electron chi connectivity index (χ3n) is 2.95. The second-order valence-electron chi connectivity index (χ2n) is 4.46. The smallest absolute Gasteiger partial charge is 0.335 e.